The minimum atomic E-state index is 0.581. The van der Waals surface area contributed by atoms with E-state index < -0.39 is 0 Å². The number of imidazole rings is 1. The van der Waals surface area contributed by atoms with Gasteiger partial charge in [-0.2, -0.15) is 0 Å². The van der Waals surface area contributed by atoms with E-state index in [2.05, 4.69) is 20.7 Å². The maximum Gasteiger partial charge on any atom is 0.180 e. The van der Waals surface area contributed by atoms with Gasteiger partial charge in [0.2, 0.25) is 0 Å². The Kier molecular flexibility index (Phi) is 3.72. The fourth-order valence-electron chi connectivity index (χ4n) is 1.91. The lowest BCUT2D eigenvalue weighted by Gasteiger charge is -2.08. The lowest BCUT2D eigenvalue weighted by molar-refractivity contribution is 1.01. The van der Waals surface area contributed by atoms with Crippen molar-refractivity contribution in [2.24, 2.45) is 5.84 Å². The lowest BCUT2D eigenvalue weighted by atomic mass is 10.3. The molecule has 0 atom stereocenters. The van der Waals surface area contributed by atoms with Crippen LogP contribution in [0.3, 0.4) is 0 Å². The standard InChI is InChI=1S/C12H13ClN6S/c13-9-2-1-8(20-9)3-4-15-11-12-16-5-6-19(12)7-10(17-11)18-14/h1-2,5-7,18H,3-4,14H2,(H,15,17). The summed E-state index contributed by atoms with van der Waals surface area (Å²) in [6.07, 6.45) is 6.24. The molecule has 0 saturated carbocycles. The average molecular weight is 309 g/mol. The summed E-state index contributed by atoms with van der Waals surface area (Å²) < 4.78 is 2.68. The molecule has 0 aliphatic rings. The molecule has 0 aliphatic heterocycles. The second-order valence-electron chi connectivity index (χ2n) is 4.16. The van der Waals surface area contributed by atoms with E-state index >= 15 is 0 Å². The number of halogens is 1. The molecule has 3 aromatic heterocycles. The van der Waals surface area contributed by atoms with E-state index in [9.17, 15) is 0 Å². The van der Waals surface area contributed by atoms with E-state index in [4.69, 9.17) is 17.4 Å². The fraction of sp³-hybridized carbons (Fsp3) is 0.167. The third-order valence-corrected chi connectivity index (χ3v) is 4.11. The summed E-state index contributed by atoms with van der Waals surface area (Å²) in [4.78, 5) is 9.88. The van der Waals surface area contributed by atoms with Crippen LogP contribution in [0.4, 0.5) is 11.6 Å². The van der Waals surface area contributed by atoms with Gasteiger partial charge < -0.3 is 15.1 Å². The van der Waals surface area contributed by atoms with Crippen molar-refractivity contribution in [1.82, 2.24) is 14.4 Å². The van der Waals surface area contributed by atoms with Gasteiger partial charge >= 0.3 is 0 Å². The Morgan fingerprint density at radius 3 is 3.05 bits per heavy atom. The fourth-order valence-corrected chi connectivity index (χ4v) is 3.00. The molecule has 4 N–H and O–H groups in total. The highest BCUT2D eigenvalue weighted by molar-refractivity contribution is 7.16. The number of nitrogens with two attached hydrogens (primary N) is 1. The number of fused-ring (bicyclic) bond motifs is 1. The van der Waals surface area contributed by atoms with Crippen molar-refractivity contribution in [3.8, 4) is 0 Å². The molecule has 3 rings (SSSR count). The van der Waals surface area contributed by atoms with Crippen LogP contribution in [0.2, 0.25) is 4.34 Å². The van der Waals surface area contributed by atoms with Gasteiger partial charge in [-0.3, -0.25) is 0 Å². The molecule has 0 bridgehead atoms. The molecule has 3 heterocycles. The topological polar surface area (TPSA) is 80.3 Å². The van der Waals surface area contributed by atoms with Gasteiger partial charge in [-0.15, -0.1) is 11.3 Å². The van der Waals surface area contributed by atoms with Gasteiger partial charge in [0.1, 0.15) is 0 Å². The Labute approximate surface area is 124 Å². The van der Waals surface area contributed by atoms with Gasteiger partial charge in [-0.05, 0) is 18.6 Å². The summed E-state index contributed by atoms with van der Waals surface area (Å²) in [6, 6.07) is 3.94. The summed E-state index contributed by atoms with van der Waals surface area (Å²) in [7, 11) is 0. The van der Waals surface area contributed by atoms with E-state index in [-0.39, 0.29) is 0 Å². The van der Waals surface area contributed by atoms with Crippen LogP contribution in [0.1, 0.15) is 4.88 Å². The number of nitrogens with zero attached hydrogens (tertiary/aromatic N) is 3. The summed E-state index contributed by atoms with van der Waals surface area (Å²) in [5.41, 5.74) is 3.32. The molecule has 0 aromatic carbocycles. The van der Waals surface area contributed by atoms with E-state index in [1.54, 1.807) is 23.7 Å². The zero-order valence-electron chi connectivity index (χ0n) is 10.5. The van der Waals surface area contributed by atoms with Crippen LogP contribution < -0.4 is 16.6 Å². The molecule has 0 saturated heterocycles. The minimum absolute atomic E-state index is 0.581. The monoisotopic (exact) mass is 308 g/mol. The van der Waals surface area contributed by atoms with E-state index in [0.29, 0.717) is 11.6 Å². The Bertz CT molecular complexity index is 722. The van der Waals surface area contributed by atoms with Gasteiger partial charge in [0, 0.05) is 23.8 Å². The molecular weight excluding hydrogens is 296 g/mol. The smallest absolute Gasteiger partial charge is 0.180 e. The molecule has 104 valence electrons. The number of nitrogens with one attached hydrogen (secondary N) is 2. The summed E-state index contributed by atoms with van der Waals surface area (Å²) >= 11 is 7.50. The number of hydrogen-bond donors (Lipinski definition) is 3. The highest BCUT2D eigenvalue weighted by Crippen LogP contribution is 2.22. The molecule has 3 aromatic rings. The van der Waals surface area contributed by atoms with Gasteiger partial charge in [-0.1, -0.05) is 11.6 Å². The number of aromatic nitrogens is 3. The second kappa shape index (κ2) is 5.66. The first-order valence-corrected chi connectivity index (χ1v) is 7.24. The van der Waals surface area contributed by atoms with Crippen molar-refractivity contribution in [1.29, 1.82) is 0 Å². The summed E-state index contributed by atoms with van der Waals surface area (Å²) in [6.45, 7) is 0.750. The normalized spacial score (nSPS) is 10.9. The summed E-state index contributed by atoms with van der Waals surface area (Å²) in [5.74, 6) is 6.70. The number of hydrogen-bond acceptors (Lipinski definition) is 6. The molecule has 0 amide bonds. The molecular formula is C12H13ClN6S. The molecule has 0 fully saturated rings. The molecule has 0 spiro atoms. The van der Waals surface area contributed by atoms with Crippen LogP contribution in [-0.2, 0) is 6.42 Å². The molecule has 0 unspecified atom stereocenters. The van der Waals surface area contributed by atoms with Crippen LogP contribution in [0.5, 0.6) is 0 Å². The van der Waals surface area contributed by atoms with Gasteiger partial charge in [0.25, 0.3) is 0 Å². The van der Waals surface area contributed by atoms with Crippen LogP contribution in [-0.4, -0.2) is 20.9 Å². The zero-order chi connectivity index (χ0) is 13.9. The second-order valence-corrected chi connectivity index (χ2v) is 5.96. The van der Waals surface area contributed by atoms with Crippen LogP contribution >= 0.6 is 22.9 Å². The van der Waals surface area contributed by atoms with Gasteiger partial charge in [0.05, 0.1) is 10.5 Å². The maximum atomic E-state index is 5.91. The largest absolute Gasteiger partial charge is 0.367 e. The number of anilines is 2. The minimum Gasteiger partial charge on any atom is -0.367 e. The third kappa shape index (κ3) is 2.69. The first-order valence-electron chi connectivity index (χ1n) is 6.04. The average Bonchev–Trinajstić information content (AvgIpc) is 3.07. The zero-order valence-corrected chi connectivity index (χ0v) is 12.1. The first-order chi connectivity index (χ1) is 9.76. The number of nitrogen functional groups attached to an aromatic ring is 1. The summed E-state index contributed by atoms with van der Waals surface area (Å²) in [5, 5.41) is 3.28. The van der Waals surface area contributed by atoms with E-state index in [1.165, 1.54) is 4.88 Å². The van der Waals surface area contributed by atoms with Crippen LogP contribution in [0.25, 0.3) is 5.65 Å². The molecule has 20 heavy (non-hydrogen) atoms. The maximum absolute atomic E-state index is 5.91. The Morgan fingerprint density at radius 2 is 2.30 bits per heavy atom. The number of thiophene rings is 1. The third-order valence-electron chi connectivity index (χ3n) is 2.81. The number of rotatable bonds is 5. The SMILES string of the molecule is NNc1cn2ccnc2c(NCCc2ccc(Cl)s2)n1. The van der Waals surface area contributed by atoms with Crippen LogP contribution in [0, 0.1) is 0 Å². The predicted molar refractivity (Wildman–Crippen MR) is 82.3 cm³/mol. The van der Waals surface area contributed by atoms with E-state index in [0.717, 1.165) is 22.9 Å². The quantitative estimate of drug-likeness (QED) is 0.498. The molecule has 6 nitrogen and oxygen atoms in total. The molecule has 8 heteroatoms. The van der Waals surface area contributed by atoms with E-state index in [1.807, 2.05) is 22.7 Å². The highest BCUT2D eigenvalue weighted by atomic mass is 35.5. The van der Waals surface area contributed by atoms with Crippen LogP contribution in [0.15, 0.2) is 30.7 Å². The first kappa shape index (κ1) is 13.2. The van der Waals surface area contributed by atoms with Crippen molar-refractivity contribution >= 4 is 40.2 Å². The highest BCUT2D eigenvalue weighted by Gasteiger charge is 2.07. The lowest BCUT2D eigenvalue weighted by Crippen LogP contribution is -2.13. The van der Waals surface area contributed by atoms with Crippen molar-refractivity contribution in [2.45, 2.75) is 6.42 Å². The number of hydrazine groups is 1. The van der Waals surface area contributed by atoms with Crippen molar-refractivity contribution in [2.75, 3.05) is 17.3 Å². The van der Waals surface area contributed by atoms with Crippen molar-refractivity contribution < 1.29 is 0 Å². The van der Waals surface area contributed by atoms with Crippen molar-refractivity contribution in [3.05, 3.63) is 39.9 Å². The van der Waals surface area contributed by atoms with Crippen molar-refractivity contribution in [3.63, 3.8) is 0 Å². The Balaban J connectivity index is 1.74. The molecule has 0 aliphatic carbocycles. The van der Waals surface area contributed by atoms with Gasteiger partial charge in [0.15, 0.2) is 17.3 Å². The Hall–Kier alpha value is -1.83. The molecule has 0 radical (unpaired) electrons. The predicted octanol–water partition coefficient (Wildman–Crippen LogP) is 2.38. The van der Waals surface area contributed by atoms with Gasteiger partial charge in [-0.25, -0.2) is 15.8 Å². The Morgan fingerprint density at radius 1 is 1.40 bits per heavy atom.